The molecule has 0 radical (unpaired) electrons. The van der Waals surface area contributed by atoms with Crippen molar-refractivity contribution in [3.63, 3.8) is 0 Å². The molecule has 2 aromatic heterocycles. The van der Waals surface area contributed by atoms with E-state index in [0.29, 0.717) is 17.3 Å². The minimum absolute atomic E-state index is 0.567. The second-order valence-electron chi connectivity index (χ2n) is 3.78. The third kappa shape index (κ3) is 2.11. The molecule has 0 saturated heterocycles. The van der Waals surface area contributed by atoms with Crippen molar-refractivity contribution in [2.24, 2.45) is 7.05 Å². The molecule has 0 fully saturated rings. The second-order valence-corrected chi connectivity index (χ2v) is 3.78. The lowest BCUT2D eigenvalue weighted by atomic mass is 10.3. The summed E-state index contributed by atoms with van der Waals surface area (Å²) in [5.74, 6) is 1.24. The van der Waals surface area contributed by atoms with Gasteiger partial charge >= 0.3 is 0 Å². The van der Waals surface area contributed by atoms with E-state index in [4.69, 9.17) is 10.5 Å². The summed E-state index contributed by atoms with van der Waals surface area (Å²) in [6, 6.07) is 0. The Morgan fingerprint density at radius 3 is 2.71 bits per heavy atom. The molecule has 0 bridgehead atoms. The molecule has 6 heteroatoms. The molecule has 2 N–H and O–H groups in total. The molecule has 2 rings (SSSR count). The number of nitrogen functional groups attached to an aromatic ring is 1. The molecule has 0 aliphatic rings. The number of ether oxygens (including phenoxy) is 1. The molecule has 2 aromatic rings. The van der Waals surface area contributed by atoms with Crippen molar-refractivity contribution in [2.75, 3.05) is 5.73 Å². The van der Waals surface area contributed by atoms with Crippen LogP contribution >= 0.6 is 0 Å². The quantitative estimate of drug-likeness (QED) is 0.873. The molecular weight excluding hydrogens is 218 g/mol. The van der Waals surface area contributed by atoms with Crippen LogP contribution in [0.5, 0.6) is 11.6 Å². The number of rotatable bonds is 4. The number of nitrogens with two attached hydrogens (primary N) is 1. The molecule has 0 atom stereocenters. The van der Waals surface area contributed by atoms with Crippen LogP contribution in [-0.4, -0.2) is 19.6 Å². The minimum Gasteiger partial charge on any atom is -0.434 e. The SMILES string of the molecule is CCc1nn(C)c(Oc2cnn(CC)c2)c1N. The van der Waals surface area contributed by atoms with Crippen LogP contribution in [0.2, 0.25) is 0 Å². The number of anilines is 1. The van der Waals surface area contributed by atoms with Crippen LogP contribution in [-0.2, 0) is 20.0 Å². The molecule has 0 unspecified atom stereocenters. The first-order valence-corrected chi connectivity index (χ1v) is 5.67. The van der Waals surface area contributed by atoms with Crippen LogP contribution in [0.1, 0.15) is 19.5 Å². The van der Waals surface area contributed by atoms with Gasteiger partial charge in [0, 0.05) is 13.6 Å². The monoisotopic (exact) mass is 235 g/mol. The molecule has 0 saturated carbocycles. The second kappa shape index (κ2) is 4.48. The maximum atomic E-state index is 5.97. The van der Waals surface area contributed by atoms with E-state index in [2.05, 4.69) is 10.2 Å². The van der Waals surface area contributed by atoms with Gasteiger partial charge in [0.1, 0.15) is 5.69 Å². The van der Waals surface area contributed by atoms with Crippen molar-refractivity contribution in [3.05, 3.63) is 18.1 Å². The van der Waals surface area contributed by atoms with Crippen molar-refractivity contribution in [3.8, 4) is 11.6 Å². The van der Waals surface area contributed by atoms with Gasteiger partial charge in [-0.1, -0.05) is 6.92 Å². The first-order chi connectivity index (χ1) is 8.15. The summed E-state index contributed by atoms with van der Waals surface area (Å²) >= 11 is 0. The topological polar surface area (TPSA) is 70.9 Å². The van der Waals surface area contributed by atoms with E-state index in [1.807, 2.05) is 27.1 Å². The summed E-state index contributed by atoms with van der Waals surface area (Å²) in [5.41, 5.74) is 7.42. The summed E-state index contributed by atoms with van der Waals surface area (Å²) in [6.07, 6.45) is 4.29. The molecular formula is C11H17N5O. The van der Waals surface area contributed by atoms with E-state index in [9.17, 15) is 0 Å². The number of aromatic nitrogens is 4. The Balaban J connectivity index is 2.26. The van der Waals surface area contributed by atoms with Gasteiger partial charge in [0.2, 0.25) is 5.88 Å². The number of hydrogen-bond acceptors (Lipinski definition) is 4. The number of aryl methyl sites for hydroxylation is 3. The van der Waals surface area contributed by atoms with Crippen LogP contribution in [0.4, 0.5) is 5.69 Å². The maximum Gasteiger partial charge on any atom is 0.241 e. The molecule has 0 aliphatic heterocycles. The van der Waals surface area contributed by atoms with E-state index in [1.54, 1.807) is 15.6 Å². The summed E-state index contributed by atoms with van der Waals surface area (Å²) in [7, 11) is 1.81. The molecule has 0 amide bonds. The molecule has 6 nitrogen and oxygen atoms in total. The maximum absolute atomic E-state index is 5.97. The predicted octanol–water partition coefficient (Wildman–Crippen LogP) is 1.57. The molecule has 0 aromatic carbocycles. The highest BCUT2D eigenvalue weighted by Gasteiger charge is 2.14. The standard InChI is InChI=1S/C11H17N5O/c1-4-9-10(12)11(15(3)14-9)17-8-6-13-16(5-2)7-8/h6-7H,4-5,12H2,1-3H3. The predicted molar refractivity (Wildman–Crippen MR) is 65.0 cm³/mol. The fourth-order valence-electron chi connectivity index (χ4n) is 1.64. The van der Waals surface area contributed by atoms with E-state index < -0.39 is 0 Å². The average molecular weight is 235 g/mol. The summed E-state index contributed by atoms with van der Waals surface area (Å²) in [5, 5.41) is 8.43. The Kier molecular flexibility index (Phi) is 3.03. The summed E-state index contributed by atoms with van der Waals surface area (Å²) < 4.78 is 9.14. The van der Waals surface area contributed by atoms with Crippen molar-refractivity contribution in [1.29, 1.82) is 0 Å². The highest BCUT2D eigenvalue weighted by molar-refractivity contribution is 5.54. The van der Waals surface area contributed by atoms with Gasteiger partial charge < -0.3 is 10.5 Å². The summed E-state index contributed by atoms with van der Waals surface area (Å²) in [4.78, 5) is 0. The zero-order valence-electron chi connectivity index (χ0n) is 10.3. The fourth-order valence-corrected chi connectivity index (χ4v) is 1.64. The van der Waals surface area contributed by atoms with Gasteiger partial charge in [0.25, 0.3) is 0 Å². The van der Waals surface area contributed by atoms with Crippen molar-refractivity contribution in [1.82, 2.24) is 19.6 Å². The summed E-state index contributed by atoms with van der Waals surface area (Å²) in [6.45, 7) is 4.84. The number of hydrogen-bond donors (Lipinski definition) is 1. The smallest absolute Gasteiger partial charge is 0.241 e. The Morgan fingerprint density at radius 2 is 2.18 bits per heavy atom. The lowest BCUT2D eigenvalue weighted by molar-refractivity contribution is 0.431. The first kappa shape index (κ1) is 11.5. The molecule has 0 spiro atoms. The molecule has 0 aliphatic carbocycles. The number of nitrogens with zero attached hydrogens (tertiary/aromatic N) is 4. The van der Waals surface area contributed by atoms with Crippen LogP contribution in [0.25, 0.3) is 0 Å². The van der Waals surface area contributed by atoms with E-state index >= 15 is 0 Å². The van der Waals surface area contributed by atoms with E-state index in [1.165, 1.54) is 0 Å². The van der Waals surface area contributed by atoms with Crippen LogP contribution in [0.3, 0.4) is 0 Å². The molecule has 2 heterocycles. The van der Waals surface area contributed by atoms with Crippen LogP contribution in [0, 0.1) is 0 Å². The normalized spacial score (nSPS) is 10.8. The van der Waals surface area contributed by atoms with Gasteiger partial charge in [-0.3, -0.25) is 4.68 Å². The zero-order chi connectivity index (χ0) is 12.4. The van der Waals surface area contributed by atoms with Gasteiger partial charge in [-0.25, -0.2) is 4.68 Å². The fraction of sp³-hybridized carbons (Fsp3) is 0.455. The van der Waals surface area contributed by atoms with Crippen molar-refractivity contribution < 1.29 is 4.74 Å². The van der Waals surface area contributed by atoms with Gasteiger partial charge in [0.15, 0.2) is 5.75 Å². The highest BCUT2D eigenvalue weighted by Crippen LogP contribution is 2.29. The minimum atomic E-state index is 0.567. The van der Waals surface area contributed by atoms with Crippen LogP contribution < -0.4 is 10.5 Å². The van der Waals surface area contributed by atoms with E-state index in [0.717, 1.165) is 18.7 Å². The molecule has 17 heavy (non-hydrogen) atoms. The lowest BCUT2D eigenvalue weighted by Gasteiger charge is -2.03. The Bertz CT molecular complexity index is 514. The Labute approximate surface area is 100.0 Å². The lowest BCUT2D eigenvalue weighted by Crippen LogP contribution is -1.96. The van der Waals surface area contributed by atoms with Crippen molar-refractivity contribution in [2.45, 2.75) is 26.8 Å². The van der Waals surface area contributed by atoms with Crippen molar-refractivity contribution >= 4 is 5.69 Å². The third-order valence-electron chi connectivity index (χ3n) is 2.59. The Morgan fingerprint density at radius 1 is 1.41 bits per heavy atom. The zero-order valence-corrected chi connectivity index (χ0v) is 10.3. The highest BCUT2D eigenvalue weighted by atomic mass is 16.5. The van der Waals surface area contributed by atoms with Crippen LogP contribution in [0.15, 0.2) is 12.4 Å². The largest absolute Gasteiger partial charge is 0.434 e. The van der Waals surface area contributed by atoms with Gasteiger partial charge in [-0.05, 0) is 13.3 Å². The average Bonchev–Trinajstić information content (AvgIpc) is 2.88. The van der Waals surface area contributed by atoms with E-state index in [-0.39, 0.29) is 0 Å². The van der Waals surface area contributed by atoms with Gasteiger partial charge in [0.05, 0.1) is 18.1 Å². The van der Waals surface area contributed by atoms with Gasteiger partial charge in [-0.2, -0.15) is 10.2 Å². The van der Waals surface area contributed by atoms with Gasteiger partial charge in [-0.15, -0.1) is 0 Å². The molecule has 92 valence electrons. The first-order valence-electron chi connectivity index (χ1n) is 5.67. The Hall–Kier alpha value is -1.98. The third-order valence-corrected chi connectivity index (χ3v) is 2.59.